The van der Waals surface area contributed by atoms with Gasteiger partial charge in [0, 0.05) is 0 Å². The molecule has 1 rings (SSSR count). The van der Waals surface area contributed by atoms with Gasteiger partial charge in [0.05, 0.1) is 18.3 Å². The monoisotopic (exact) mass is 322 g/mol. The molecule has 0 aliphatic heterocycles. The SMILES string of the molecule is C=C(C(=O)OC(C)(C)C)[C@@H](O)[C@H](C)OCOCc1ccccc1. The third kappa shape index (κ3) is 7.41. The van der Waals surface area contributed by atoms with Gasteiger partial charge in [0.1, 0.15) is 18.5 Å². The lowest BCUT2D eigenvalue weighted by molar-refractivity contribution is -0.154. The Morgan fingerprint density at radius 1 is 1.26 bits per heavy atom. The molecular weight excluding hydrogens is 296 g/mol. The minimum atomic E-state index is -1.15. The number of ether oxygens (including phenoxy) is 3. The number of aliphatic hydroxyl groups excluding tert-OH is 1. The van der Waals surface area contributed by atoms with Crippen LogP contribution in [-0.2, 0) is 25.6 Å². The van der Waals surface area contributed by atoms with Crippen molar-refractivity contribution in [2.75, 3.05) is 6.79 Å². The Morgan fingerprint density at radius 3 is 2.43 bits per heavy atom. The zero-order valence-electron chi connectivity index (χ0n) is 14.2. The van der Waals surface area contributed by atoms with Gasteiger partial charge in [0.2, 0.25) is 0 Å². The van der Waals surface area contributed by atoms with E-state index in [0.29, 0.717) is 6.61 Å². The number of hydrogen-bond donors (Lipinski definition) is 1. The van der Waals surface area contributed by atoms with Gasteiger partial charge in [0.25, 0.3) is 0 Å². The van der Waals surface area contributed by atoms with Gasteiger partial charge in [-0.1, -0.05) is 36.9 Å². The predicted octanol–water partition coefficient (Wildman–Crippen LogP) is 2.82. The van der Waals surface area contributed by atoms with Crippen LogP contribution in [0.3, 0.4) is 0 Å². The molecule has 0 aliphatic rings. The zero-order valence-corrected chi connectivity index (χ0v) is 14.2. The Balaban J connectivity index is 2.34. The third-order valence-electron chi connectivity index (χ3n) is 2.99. The van der Waals surface area contributed by atoms with Crippen molar-refractivity contribution in [1.29, 1.82) is 0 Å². The number of hydrogen-bond acceptors (Lipinski definition) is 5. The number of aliphatic hydroxyl groups is 1. The van der Waals surface area contributed by atoms with Gasteiger partial charge in [0.15, 0.2) is 0 Å². The zero-order chi connectivity index (χ0) is 17.5. The van der Waals surface area contributed by atoms with Gasteiger partial charge in [-0.15, -0.1) is 0 Å². The molecule has 0 saturated carbocycles. The molecule has 0 spiro atoms. The number of rotatable bonds is 8. The standard InChI is InChI=1S/C18H26O5/c1-13(17(20)23-18(3,4)5)16(19)14(2)22-12-21-11-15-9-7-6-8-10-15/h6-10,14,16,19H,1,11-12H2,2-5H3/t14-,16+/m0/s1. The van der Waals surface area contributed by atoms with Crippen LogP contribution in [0.25, 0.3) is 0 Å². The highest BCUT2D eigenvalue weighted by Gasteiger charge is 2.27. The highest BCUT2D eigenvalue weighted by molar-refractivity contribution is 5.89. The predicted molar refractivity (Wildman–Crippen MR) is 87.6 cm³/mol. The molecule has 0 amide bonds. The van der Waals surface area contributed by atoms with Crippen LogP contribution in [0.2, 0.25) is 0 Å². The summed E-state index contributed by atoms with van der Waals surface area (Å²) in [5.74, 6) is -0.634. The molecule has 23 heavy (non-hydrogen) atoms. The van der Waals surface area contributed by atoms with Crippen LogP contribution in [0.15, 0.2) is 42.5 Å². The van der Waals surface area contributed by atoms with Crippen LogP contribution >= 0.6 is 0 Å². The fraction of sp³-hybridized carbons (Fsp3) is 0.500. The summed E-state index contributed by atoms with van der Waals surface area (Å²) in [4.78, 5) is 11.9. The molecule has 1 aromatic carbocycles. The number of carbonyl (C=O) groups is 1. The van der Waals surface area contributed by atoms with Crippen LogP contribution in [0.4, 0.5) is 0 Å². The molecule has 0 aromatic heterocycles. The van der Waals surface area contributed by atoms with Crippen molar-refractivity contribution in [3.8, 4) is 0 Å². The molecule has 1 aromatic rings. The Morgan fingerprint density at radius 2 is 1.87 bits per heavy atom. The molecule has 0 unspecified atom stereocenters. The molecule has 2 atom stereocenters. The molecule has 5 heteroatoms. The lowest BCUT2D eigenvalue weighted by atomic mass is 10.1. The molecule has 0 radical (unpaired) electrons. The number of carbonyl (C=O) groups excluding carboxylic acids is 1. The topological polar surface area (TPSA) is 65.0 Å². The summed E-state index contributed by atoms with van der Waals surface area (Å²) in [5, 5.41) is 10.1. The molecular formula is C18H26O5. The highest BCUT2D eigenvalue weighted by atomic mass is 16.7. The van der Waals surface area contributed by atoms with Crippen molar-refractivity contribution < 1.29 is 24.1 Å². The summed E-state index contributed by atoms with van der Waals surface area (Å²) in [6.45, 7) is 10.9. The summed E-state index contributed by atoms with van der Waals surface area (Å²) in [6.07, 6.45) is -1.78. The van der Waals surface area contributed by atoms with Crippen molar-refractivity contribution in [3.05, 3.63) is 48.0 Å². The smallest absolute Gasteiger partial charge is 0.336 e. The minimum Gasteiger partial charge on any atom is -0.457 e. The summed E-state index contributed by atoms with van der Waals surface area (Å²) in [5.41, 5.74) is 0.362. The molecule has 0 saturated heterocycles. The maximum atomic E-state index is 11.9. The van der Waals surface area contributed by atoms with Gasteiger partial charge in [-0.05, 0) is 33.3 Å². The van der Waals surface area contributed by atoms with Crippen LogP contribution in [0.1, 0.15) is 33.3 Å². The first-order valence-corrected chi connectivity index (χ1v) is 7.54. The summed E-state index contributed by atoms with van der Waals surface area (Å²) < 4.78 is 15.9. The lowest BCUT2D eigenvalue weighted by Gasteiger charge is -2.24. The van der Waals surface area contributed by atoms with E-state index in [1.807, 2.05) is 30.3 Å². The van der Waals surface area contributed by atoms with Crippen molar-refractivity contribution in [2.24, 2.45) is 0 Å². The second-order valence-electron chi connectivity index (χ2n) is 6.30. The van der Waals surface area contributed by atoms with Crippen molar-refractivity contribution in [1.82, 2.24) is 0 Å². The van der Waals surface area contributed by atoms with E-state index in [1.54, 1.807) is 27.7 Å². The second kappa shape index (κ2) is 8.82. The van der Waals surface area contributed by atoms with Crippen LogP contribution in [0.5, 0.6) is 0 Å². The van der Waals surface area contributed by atoms with Crippen molar-refractivity contribution in [3.63, 3.8) is 0 Å². The molecule has 5 nitrogen and oxygen atoms in total. The summed E-state index contributed by atoms with van der Waals surface area (Å²) >= 11 is 0. The van der Waals surface area contributed by atoms with Crippen LogP contribution in [-0.4, -0.2) is 35.7 Å². The van der Waals surface area contributed by atoms with Gasteiger partial charge in [-0.2, -0.15) is 0 Å². The molecule has 0 heterocycles. The number of esters is 1. The molecule has 128 valence electrons. The van der Waals surface area contributed by atoms with Crippen LogP contribution in [0, 0.1) is 0 Å². The Kier molecular flexibility index (Phi) is 7.42. The average molecular weight is 322 g/mol. The van der Waals surface area contributed by atoms with Gasteiger partial charge in [-0.25, -0.2) is 4.79 Å². The summed E-state index contributed by atoms with van der Waals surface area (Å²) in [6, 6.07) is 9.68. The van der Waals surface area contributed by atoms with E-state index in [9.17, 15) is 9.90 Å². The van der Waals surface area contributed by atoms with Crippen LogP contribution < -0.4 is 0 Å². The molecule has 0 aliphatic carbocycles. The first-order chi connectivity index (χ1) is 10.7. The molecule has 0 bridgehead atoms. The van der Waals surface area contributed by atoms with E-state index >= 15 is 0 Å². The van der Waals surface area contributed by atoms with Crippen molar-refractivity contribution in [2.45, 2.75) is 52.1 Å². The fourth-order valence-electron chi connectivity index (χ4n) is 1.73. The average Bonchev–Trinajstić information content (AvgIpc) is 2.49. The number of benzene rings is 1. The third-order valence-corrected chi connectivity index (χ3v) is 2.99. The Hall–Kier alpha value is -1.69. The Bertz CT molecular complexity index is 504. The van der Waals surface area contributed by atoms with E-state index in [1.165, 1.54) is 0 Å². The van der Waals surface area contributed by atoms with E-state index in [2.05, 4.69) is 6.58 Å². The maximum absolute atomic E-state index is 11.9. The van der Waals surface area contributed by atoms with E-state index < -0.39 is 23.8 Å². The van der Waals surface area contributed by atoms with E-state index in [0.717, 1.165) is 5.56 Å². The molecule has 1 N–H and O–H groups in total. The van der Waals surface area contributed by atoms with Gasteiger partial charge in [-0.3, -0.25) is 0 Å². The first kappa shape index (κ1) is 19.4. The second-order valence-corrected chi connectivity index (χ2v) is 6.30. The maximum Gasteiger partial charge on any atom is 0.336 e. The minimum absolute atomic E-state index is 0.00865. The van der Waals surface area contributed by atoms with Gasteiger partial charge >= 0.3 is 5.97 Å². The van der Waals surface area contributed by atoms with Crippen molar-refractivity contribution >= 4 is 5.97 Å². The van der Waals surface area contributed by atoms with Gasteiger partial charge < -0.3 is 19.3 Å². The first-order valence-electron chi connectivity index (χ1n) is 7.54. The molecule has 0 fully saturated rings. The van der Waals surface area contributed by atoms with E-state index in [4.69, 9.17) is 14.2 Å². The lowest BCUT2D eigenvalue weighted by Crippen LogP contribution is -2.34. The quantitative estimate of drug-likeness (QED) is 0.345. The fourth-order valence-corrected chi connectivity index (χ4v) is 1.73. The normalized spacial score (nSPS) is 14.1. The summed E-state index contributed by atoms with van der Waals surface area (Å²) in [7, 11) is 0. The largest absolute Gasteiger partial charge is 0.457 e. The highest BCUT2D eigenvalue weighted by Crippen LogP contribution is 2.15. The van der Waals surface area contributed by atoms with E-state index in [-0.39, 0.29) is 12.4 Å². The Labute approximate surface area is 137 Å².